The van der Waals surface area contributed by atoms with Crippen molar-refractivity contribution in [1.29, 1.82) is 0 Å². The lowest BCUT2D eigenvalue weighted by atomic mass is 9.87. The molecule has 0 unspecified atom stereocenters. The number of aromatic nitrogens is 2. The summed E-state index contributed by atoms with van der Waals surface area (Å²) in [4.78, 5) is 10.2. The molecule has 0 N–H and O–H groups in total. The summed E-state index contributed by atoms with van der Waals surface area (Å²) in [6.07, 6.45) is 11.5. The van der Waals surface area contributed by atoms with Crippen molar-refractivity contribution in [3.63, 3.8) is 0 Å². The van der Waals surface area contributed by atoms with Crippen molar-refractivity contribution in [2.45, 2.75) is 6.42 Å². The van der Waals surface area contributed by atoms with Crippen molar-refractivity contribution in [2.24, 2.45) is 0 Å². The van der Waals surface area contributed by atoms with Crippen LogP contribution in [0.25, 0.3) is 103 Å². The summed E-state index contributed by atoms with van der Waals surface area (Å²) in [5, 5.41) is 9.93. The highest BCUT2D eigenvalue weighted by Gasteiger charge is 2.19. The van der Waals surface area contributed by atoms with Crippen molar-refractivity contribution in [1.82, 2.24) is 9.97 Å². The normalized spacial score (nSPS) is 12.8. The van der Waals surface area contributed by atoms with Gasteiger partial charge in [0.2, 0.25) is 0 Å². The van der Waals surface area contributed by atoms with Gasteiger partial charge in [-0.3, -0.25) is 4.98 Å². The number of allylic oxidation sites excluding steroid dienone is 3. The van der Waals surface area contributed by atoms with E-state index in [4.69, 9.17) is 9.97 Å². The fourth-order valence-electron chi connectivity index (χ4n) is 8.40. The Balaban J connectivity index is 1.12. The Hall–Kier alpha value is -6.42. The Morgan fingerprint density at radius 3 is 2.23 bits per heavy atom. The van der Waals surface area contributed by atoms with Crippen molar-refractivity contribution in [3.05, 3.63) is 175 Å². The highest BCUT2D eigenvalue weighted by molar-refractivity contribution is 7.26. The molecule has 3 heterocycles. The molecule has 0 amide bonds. The Labute approximate surface area is 304 Å². The van der Waals surface area contributed by atoms with Gasteiger partial charge in [-0.25, -0.2) is 4.98 Å². The number of thiophene rings is 1. The summed E-state index contributed by atoms with van der Waals surface area (Å²) in [5.41, 5.74) is 11.6. The fourth-order valence-corrected chi connectivity index (χ4v) is 9.67. The van der Waals surface area contributed by atoms with Crippen LogP contribution in [0.4, 0.5) is 0 Å². The molecule has 242 valence electrons. The average molecular weight is 679 g/mol. The van der Waals surface area contributed by atoms with E-state index in [1.807, 2.05) is 23.6 Å². The van der Waals surface area contributed by atoms with Gasteiger partial charge in [0.25, 0.3) is 0 Å². The molecule has 10 aromatic rings. The fraction of sp³-hybridized carbons (Fsp3) is 0.0204. The molecule has 0 saturated heterocycles. The van der Waals surface area contributed by atoms with E-state index in [0.29, 0.717) is 0 Å². The van der Waals surface area contributed by atoms with Gasteiger partial charge in [0, 0.05) is 53.5 Å². The largest absolute Gasteiger partial charge is 0.256 e. The van der Waals surface area contributed by atoms with E-state index < -0.39 is 0 Å². The number of fused-ring (bicyclic) bond motifs is 11. The highest BCUT2D eigenvalue weighted by Crippen LogP contribution is 2.45. The zero-order valence-corrected chi connectivity index (χ0v) is 29.0. The Kier molecular flexibility index (Phi) is 6.52. The van der Waals surface area contributed by atoms with Crippen LogP contribution in [-0.2, 0) is 6.42 Å². The van der Waals surface area contributed by atoms with Gasteiger partial charge < -0.3 is 0 Å². The van der Waals surface area contributed by atoms with Crippen LogP contribution in [-0.4, -0.2) is 9.97 Å². The summed E-state index contributed by atoms with van der Waals surface area (Å²) in [7, 11) is 0. The molecule has 0 radical (unpaired) electrons. The molecule has 3 heteroatoms. The number of hydrogen-bond donors (Lipinski definition) is 0. The molecular formula is C49H30N2S. The average Bonchev–Trinajstić information content (AvgIpc) is 3.40. The van der Waals surface area contributed by atoms with Gasteiger partial charge in [-0.2, -0.15) is 0 Å². The maximum Gasteiger partial charge on any atom is 0.0788 e. The molecule has 0 aliphatic heterocycles. The SMILES string of the molecule is C1=CCc2c(c(-c3ccc(-c4cccc(-c5nc6ccccc6c6c5ccc5c7ccccc7sc56)c4)c4ccccc34)cc3cccnc23)C=C1. The number of rotatable bonds is 3. The van der Waals surface area contributed by atoms with E-state index in [1.165, 1.54) is 85.9 Å². The van der Waals surface area contributed by atoms with Gasteiger partial charge in [0.15, 0.2) is 0 Å². The van der Waals surface area contributed by atoms with E-state index in [-0.39, 0.29) is 0 Å². The van der Waals surface area contributed by atoms with Crippen LogP contribution in [0.1, 0.15) is 11.1 Å². The maximum absolute atomic E-state index is 5.35. The van der Waals surface area contributed by atoms with Crippen molar-refractivity contribution < 1.29 is 0 Å². The highest BCUT2D eigenvalue weighted by atomic mass is 32.1. The first-order valence-corrected chi connectivity index (χ1v) is 18.6. The number of pyridine rings is 2. The summed E-state index contributed by atoms with van der Waals surface area (Å²) in [5.74, 6) is 0. The quantitative estimate of drug-likeness (QED) is 0.174. The third-order valence-corrected chi connectivity index (χ3v) is 11.9. The number of para-hydroxylation sites is 1. The molecule has 52 heavy (non-hydrogen) atoms. The molecule has 1 aliphatic rings. The lowest BCUT2D eigenvalue weighted by Gasteiger charge is -2.18. The second kappa shape index (κ2) is 11.6. The second-order valence-electron chi connectivity index (χ2n) is 13.6. The Morgan fingerprint density at radius 2 is 1.31 bits per heavy atom. The molecule has 3 aromatic heterocycles. The van der Waals surface area contributed by atoms with E-state index in [2.05, 4.69) is 158 Å². The van der Waals surface area contributed by atoms with E-state index in [0.717, 1.165) is 28.7 Å². The maximum atomic E-state index is 5.35. The van der Waals surface area contributed by atoms with Crippen LogP contribution >= 0.6 is 11.3 Å². The lowest BCUT2D eigenvalue weighted by Crippen LogP contribution is -1.96. The minimum atomic E-state index is 0.860. The summed E-state index contributed by atoms with van der Waals surface area (Å²) in [6, 6.07) is 50.9. The van der Waals surface area contributed by atoms with Gasteiger partial charge in [0.05, 0.1) is 16.7 Å². The topological polar surface area (TPSA) is 25.8 Å². The first-order valence-electron chi connectivity index (χ1n) is 17.8. The standard InChI is InChI=1S/C49H30N2S/c1-2-15-36-39(19-3-1)47-32(14-11-27-50-47)29-43(36)37-24-23-33(34-16-4-5-17-35(34)37)30-12-10-13-31(28-30)48-42-26-25-40-38-18-7-9-22-45(38)52-49(40)46(42)41-20-6-8-21-44(41)51-48/h1-18,20-29H,19H2. The van der Waals surface area contributed by atoms with Gasteiger partial charge in [-0.05, 0) is 80.9 Å². The molecule has 0 saturated carbocycles. The number of hydrogen-bond acceptors (Lipinski definition) is 3. The van der Waals surface area contributed by atoms with E-state index >= 15 is 0 Å². The summed E-state index contributed by atoms with van der Waals surface area (Å²) in [6.45, 7) is 0. The smallest absolute Gasteiger partial charge is 0.0788 e. The molecule has 1 aliphatic carbocycles. The van der Waals surface area contributed by atoms with Crippen LogP contribution < -0.4 is 0 Å². The molecule has 0 spiro atoms. The number of benzene rings is 7. The molecule has 2 nitrogen and oxygen atoms in total. The first-order chi connectivity index (χ1) is 25.8. The van der Waals surface area contributed by atoms with E-state index in [1.54, 1.807) is 0 Å². The second-order valence-corrected chi connectivity index (χ2v) is 14.7. The van der Waals surface area contributed by atoms with Crippen LogP contribution in [0.2, 0.25) is 0 Å². The van der Waals surface area contributed by atoms with Crippen LogP contribution in [0.3, 0.4) is 0 Å². The minimum Gasteiger partial charge on any atom is -0.256 e. The molecule has 11 rings (SSSR count). The van der Waals surface area contributed by atoms with E-state index in [9.17, 15) is 0 Å². The third kappa shape index (κ3) is 4.43. The van der Waals surface area contributed by atoms with Crippen molar-refractivity contribution >= 4 is 80.9 Å². The molecule has 0 bridgehead atoms. The van der Waals surface area contributed by atoms with Crippen molar-refractivity contribution in [2.75, 3.05) is 0 Å². The molecule has 7 aromatic carbocycles. The molecular weight excluding hydrogens is 649 g/mol. The van der Waals surface area contributed by atoms with Gasteiger partial charge in [-0.1, -0.05) is 133 Å². The summed E-state index contributed by atoms with van der Waals surface area (Å²) < 4.78 is 2.64. The molecule has 0 atom stereocenters. The minimum absolute atomic E-state index is 0.860. The predicted molar refractivity (Wildman–Crippen MR) is 223 cm³/mol. The van der Waals surface area contributed by atoms with Crippen LogP contribution in [0.15, 0.2) is 164 Å². The third-order valence-electron chi connectivity index (χ3n) is 10.7. The predicted octanol–water partition coefficient (Wildman–Crippen LogP) is 13.6. The van der Waals surface area contributed by atoms with Gasteiger partial charge in [-0.15, -0.1) is 11.3 Å². The lowest BCUT2D eigenvalue weighted by molar-refractivity contribution is 1.26. The Morgan fingerprint density at radius 1 is 0.538 bits per heavy atom. The summed E-state index contributed by atoms with van der Waals surface area (Å²) >= 11 is 1.88. The van der Waals surface area contributed by atoms with Crippen LogP contribution in [0.5, 0.6) is 0 Å². The van der Waals surface area contributed by atoms with Gasteiger partial charge in [0.1, 0.15) is 0 Å². The number of nitrogens with zero attached hydrogens (tertiary/aromatic N) is 2. The molecule has 0 fully saturated rings. The van der Waals surface area contributed by atoms with Crippen LogP contribution in [0, 0.1) is 0 Å². The first kappa shape index (κ1) is 29.3. The zero-order valence-electron chi connectivity index (χ0n) is 28.2. The Bertz CT molecular complexity index is 3160. The van der Waals surface area contributed by atoms with Crippen molar-refractivity contribution in [3.8, 4) is 33.5 Å². The van der Waals surface area contributed by atoms with Gasteiger partial charge >= 0.3 is 0 Å². The monoisotopic (exact) mass is 678 g/mol. The zero-order chi connectivity index (χ0) is 34.2.